The zero-order valence-electron chi connectivity index (χ0n) is 10.8. The third kappa shape index (κ3) is 3.03. The Labute approximate surface area is 108 Å². The van der Waals surface area contributed by atoms with E-state index in [-0.39, 0.29) is 0 Å². The van der Waals surface area contributed by atoms with Crippen molar-refractivity contribution in [3.8, 4) is 11.3 Å². The Hall–Kier alpha value is -1.97. The molecule has 2 aromatic heterocycles. The van der Waals surface area contributed by atoms with Crippen LogP contribution in [-0.4, -0.2) is 21.5 Å². The minimum atomic E-state index is 0.833. The summed E-state index contributed by atoms with van der Waals surface area (Å²) in [6.07, 6.45) is 5.47. The predicted molar refractivity (Wildman–Crippen MR) is 73.4 cm³/mol. The summed E-state index contributed by atoms with van der Waals surface area (Å²) in [6.45, 7) is 5.13. The summed E-state index contributed by atoms with van der Waals surface area (Å²) < 4.78 is 0. The molecule has 0 fully saturated rings. The van der Waals surface area contributed by atoms with Gasteiger partial charge >= 0.3 is 0 Å². The van der Waals surface area contributed by atoms with Gasteiger partial charge in [-0.15, -0.1) is 0 Å². The van der Waals surface area contributed by atoms with Gasteiger partial charge in [-0.3, -0.25) is 4.98 Å². The van der Waals surface area contributed by atoms with Crippen molar-refractivity contribution < 1.29 is 0 Å². The van der Waals surface area contributed by atoms with Gasteiger partial charge in [0, 0.05) is 37.0 Å². The molecule has 2 rings (SSSR count). The quantitative estimate of drug-likeness (QED) is 0.875. The van der Waals surface area contributed by atoms with Crippen molar-refractivity contribution in [2.24, 2.45) is 0 Å². The topological polar surface area (TPSA) is 50.7 Å². The van der Waals surface area contributed by atoms with Gasteiger partial charge in [-0.05, 0) is 18.6 Å². The molecule has 0 amide bonds. The van der Waals surface area contributed by atoms with Crippen LogP contribution in [-0.2, 0) is 6.42 Å². The molecule has 18 heavy (non-hydrogen) atoms. The van der Waals surface area contributed by atoms with Crippen LogP contribution < -0.4 is 5.32 Å². The summed E-state index contributed by atoms with van der Waals surface area (Å²) >= 11 is 0. The number of hydrogen-bond donors (Lipinski definition) is 1. The highest BCUT2D eigenvalue weighted by Gasteiger charge is 2.05. The van der Waals surface area contributed by atoms with Crippen molar-refractivity contribution in [2.45, 2.75) is 26.7 Å². The molecule has 0 aliphatic rings. The Bertz CT molecular complexity index is 496. The van der Waals surface area contributed by atoms with Crippen LogP contribution in [0.25, 0.3) is 11.3 Å². The molecule has 2 aromatic rings. The van der Waals surface area contributed by atoms with E-state index in [1.54, 1.807) is 12.4 Å². The number of aryl methyl sites for hydroxylation is 1. The molecule has 4 nitrogen and oxygen atoms in total. The number of hydrogen-bond acceptors (Lipinski definition) is 4. The monoisotopic (exact) mass is 242 g/mol. The van der Waals surface area contributed by atoms with Crippen LogP contribution in [0, 0.1) is 0 Å². The van der Waals surface area contributed by atoms with Crippen LogP contribution in [0.2, 0.25) is 0 Å². The standard InChI is InChI=1S/C14H18N4/c1-3-7-16-14-10-12(17-13(4-2)18-14)11-5-8-15-9-6-11/h5-6,8-10H,3-4,7H2,1-2H3,(H,16,17,18). The first-order valence-corrected chi connectivity index (χ1v) is 6.35. The van der Waals surface area contributed by atoms with Crippen LogP contribution in [0.15, 0.2) is 30.6 Å². The molecular weight excluding hydrogens is 224 g/mol. The van der Waals surface area contributed by atoms with Gasteiger partial charge in [0.1, 0.15) is 11.6 Å². The van der Waals surface area contributed by atoms with Crippen molar-refractivity contribution >= 4 is 5.82 Å². The highest BCUT2D eigenvalue weighted by molar-refractivity contribution is 5.61. The number of anilines is 1. The van der Waals surface area contributed by atoms with Gasteiger partial charge in [0.2, 0.25) is 0 Å². The zero-order valence-corrected chi connectivity index (χ0v) is 10.8. The third-order valence-electron chi connectivity index (χ3n) is 2.62. The Kier molecular flexibility index (Phi) is 4.23. The van der Waals surface area contributed by atoms with E-state index in [1.165, 1.54) is 0 Å². The predicted octanol–water partition coefficient (Wildman–Crippen LogP) is 2.92. The first-order valence-electron chi connectivity index (χ1n) is 6.35. The molecule has 0 aliphatic carbocycles. The molecule has 0 unspecified atom stereocenters. The smallest absolute Gasteiger partial charge is 0.131 e. The van der Waals surface area contributed by atoms with Gasteiger partial charge in [0.15, 0.2) is 0 Å². The average Bonchev–Trinajstić information content (AvgIpc) is 2.45. The maximum Gasteiger partial charge on any atom is 0.131 e. The molecule has 1 N–H and O–H groups in total. The third-order valence-corrected chi connectivity index (χ3v) is 2.62. The Morgan fingerprint density at radius 3 is 2.56 bits per heavy atom. The molecule has 4 heteroatoms. The number of nitrogens with one attached hydrogen (secondary N) is 1. The molecule has 2 heterocycles. The zero-order chi connectivity index (χ0) is 12.8. The van der Waals surface area contributed by atoms with Gasteiger partial charge < -0.3 is 5.32 Å². The normalized spacial score (nSPS) is 10.3. The molecule has 0 saturated carbocycles. The van der Waals surface area contributed by atoms with Crippen LogP contribution in [0.3, 0.4) is 0 Å². The summed E-state index contributed by atoms with van der Waals surface area (Å²) in [5.74, 6) is 1.76. The summed E-state index contributed by atoms with van der Waals surface area (Å²) in [6, 6.07) is 5.92. The molecule has 0 bridgehead atoms. The van der Waals surface area contributed by atoms with Crippen molar-refractivity contribution in [1.82, 2.24) is 15.0 Å². The molecule has 0 aromatic carbocycles. The van der Waals surface area contributed by atoms with Crippen LogP contribution >= 0.6 is 0 Å². The van der Waals surface area contributed by atoms with E-state index in [2.05, 4.69) is 34.1 Å². The van der Waals surface area contributed by atoms with Gasteiger partial charge in [0.25, 0.3) is 0 Å². The molecule has 0 atom stereocenters. The molecule has 0 saturated heterocycles. The van der Waals surface area contributed by atoms with E-state index in [4.69, 9.17) is 0 Å². The fraction of sp³-hybridized carbons (Fsp3) is 0.357. The lowest BCUT2D eigenvalue weighted by Crippen LogP contribution is -2.05. The molecule has 0 spiro atoms. The van der Waals surface area contributed by atoms with Gasteiger partial charge in [0.05, 0.1) is 5.69 Å². The Morgan fingerprint density at radius 2 is 1.89 bits per heavy atom. The van der Waals surface area contributed by atoms with Gasteiger partial charge in [-0.25, -0.2) is 9.97 Å². The van der Waals surface area contributed by atoms with Gasteiger partial charge in [-0.1, -0.05) is 13.8 Å². The maximum atomic E-state index is 4.55. The minimum absolute atomic E-state index is 0.833. The Balaban J connectivity index is 2.35. The summed E-state index contributed by atoms with van der Waals surface area (Å²) in [4.78, 5) is 13.1. The second-order valence-corrected chi connectivity index (χ2v) is 4.07. The summed E-state index contributed by atoms with van der Waals surface area (Å²) in [5, 5.41) is 3.31. The first-order chi connectivity index (χ1) is 8.83. The number of rotatable bonds is 5. The molecule has 0 radical (unpaired) electrons. The van der Waals surface area contributed by atoms with Crippen LogP contribution in [0.4, 0.5) is 5.82 Å². The summed E-state index contributed by atoms with van der Waals surface area (Å²) in [7, 11) is 0. The average molecular weight is 242 g/mol. The maximum absolute atomic E-state index is 4.55. The van der Waals surface area contributed by atoms with Crippen LogP contribution in [0.5, 0.6) is 0 Å². The molecule has 94 valence electrons. The molecule has 0 aliphatic heterocycles. The van der Waals surface area contributed by atoms with E-state index >= 15 is 0 Å². The highest BCUT2D eigenvalue weighted by atomic mass is 15.0. The number of aromatic nitrogens is 3. The lowest BCUT2D eigenvalue weighted by atomic mass is 10.2. The SMILES string of the molecule is CCCNc1cc(-c2ccncc2)nc(CC)n1. The van der Waals surface area contributed by atoms with Crippen molar-refractivity contribution in [3.05, 3.63) is 36.4 Å². The fourth-order valence-electron chi connectivity index (χ4n) is 1.67. The number of pyridine rings is 1. The second-order valence-electron chi connectivity index (χ2n) is 4.07. The second kappa shape index (κ2) is 6.10. The highest BCUT2D eigenvalue weighted by Crippen LogP contribution is 2.19. The number of nitrogens with zero attached hydrogens (tertiary/aromatic N) is 3. The first kappa shape index (κ1) is 12.5. The van der Waals surface area contributed by atoms with E-state index in [0.29, 0.717) is 0 Å². The molecular formula is C14H18N4. The van der Waals surface area contributed by atoms with Gasteiger partial charge in [-0.2, -0.15) is 0 Å². The summed E-state index contributed by atoms with van der Waals surface area (Å²) in [5.41, 5.74) is 2.02. The lowest BCUT2D eigenvalue weighted by molar-refractivity contribution is 0.919. The van der Waals surface area contributed by atoms with Crippen molar-refractivity contribution in [2.75, 3.05) is 11.9 Å². The lowest BCUT2D eigenvalue weighted by Gasteiger charge is -2.08. The van der Waals surface area contributed by atoms with Crippen LogP contribution in [0.1, 0.15) is 26.1 Å². The van der Waals surface area contributed by atoms with E-state index in [0.717, 1.165) is 42.3 Å². The van der Waals surface area contributed by atoms with Crippen molar-refractivity contribution in [1.29, 1.82) is 0 Å². The van der Waals surface area contributed by atoms with Crippen molar-refractivity contribution in [3.63, 3.8) is 0 Å². The van der Waals surface area contributed by atoms with E-state index in [1.807, 2.05) is 18.2 Å². The fourth-order valence-corrected chi connectivity index (χ4v) is 1.67. The minimum Gasteiger partial charge on any atom is -0.370 e. The van der Waals surface area contributed by atoms with E-state index in [9.17, 15) is 0 Å². The Morgan fingerprint density at radius 1 is 1.11 bits per heavy atom. The largest absolute Gasteiger partial charge is 0.370 e. The van der Waals surface area contributed by atoms with E-state index < -0.39 is 0 Å².